The molecule has 1 N–H and O–H groups in total. The fourth-order valence-electron chi connectivity index (χ4n) is 2.68. The number of nitrogens with zero attached hydrogens (tertiary/aromatic N) is 2. The van der Waals surface area contributed by atoms with Crippen LogP contribution in [0.15, 0.2) is 66.7 Å². The maximum atomic E-state index is 12.7. The Morgan fingerprint density at radius 1 is 0.889 bits per heavy atom. The average molecular weight is 359 g/mol. The van der Waals surface area contributed by atoms with Gasteiger partial charge in [-0.3, -0.25) is 9.59 Å². The van der Waals surface area contributed by atoms with E-state index in [0.717, 1.165) is 22.5 Å². The molecule has 0 saturated heterocycles. The standard InChI is InChI=1S/C22H21N3O2/c1-15-12-13-16(2)20(14-15)24-21(26)18-10-7-11-19(23-18)22(27)25(3)17-8-5-4-6-9-17/h4-14H,1-3H3,(H,24,26). The number of hydrogen-bond donors (Lipinski definition) is 1. The van der Waals surface area contributed by atoms with E-state index < -0.39 is 0 Å². The average Bonchev–Trinajstić information content (AvgIpc) is 2.70. The van der Waals surface area contributed by atoms with E-state index in [1.54, 1.807) is 25.2 Å². The zero-order chi connectivity index (χ0) is 19.4. The van der Waals surface area contributed by atoms with Crippen LogP contribution < -0.4 is 10.2 Å². The Hall–Kier alpha value is -3.47. The van der Waals surface area contributed by atoms with E-state index in [2.05, 4.69) is 10.3 Å². The highest BCUT2D eigenvalue weighted by Crippen LogP contribution is 2.18. The summed E-state index contributed by atoms with van der Waals surface area (Å²) in [6.45, 7) is 3.89. The quantitative estimate of drug-likeness (QED) is 0.758. The van der Waals surface area contributed by atoms with E-state index in [1.165, 1.54) is 4.90 Å². The number of pyridine rings is 1. The minimum atomic E-state index is -0.347. The van der Waals surface area contributed by atoms with Crippen LogP contribution >= 0.6 is 0 Å². The van der Waals surface area contributed by atoms with E-state index in [4.69, 9.17) is 0 Å². The number of carbonyl (C=O) groups is 2. The number of hydrogen-bond acceptors (Lipinski definition) is 3. The number of benzene rings is 2. The fourth-order valence-corrected chi connectivity index (χ4v) is 2.68. The van der Waals surface area contributed by atoms with Crippen molar-refractivity contribution in [2.45, 2.75) is 13.8 Å². The van der Waals surface area contributed by atoms with Gasteiger partial charge in [0.15, 0.2) is 0 Å². The molecule has 0 radical (unpaired) electrons. The van der Waals surface area contributed by atoms with Gasteiger partial charge in [0, 0.05) is 18.4 Å². The van der Waals surface area contributed by atoms with Gasteiger partial charge in [0.2, 0.25) is 0 Å². The van der Waals surface area contributed by atoms with Crippen molar-refractivity contribution in [2.24, 2.45) is 0 Å². The lowest BCUT2D eigenvalue weighted by atomic mass is 10.1. The molecule has 2 amide bonds. The molecule has 0 aliphatic rings. The van der Waals surface area contributed by atoms with Gasteiger partial charge < -0.3 is 10.2 Å². The van der Waals surface area contributed by atoms with Crippen molar-refractivity contribution in [2.75, 3.05) is 17.3 Å². The van der Waals surface area contributed by atoms with E-state index in [-0.39, 0.29) is 23.2 Å². The minimum Gasteiger partial charge on any atom is -0.320 e. The molecule has 0 bridgehead atoms. The number of para-hydroxylation sites is 1. The Labute approximate surface area is 158 Å². The van der Waals surface area contributed by atoms with Crippen LogP contribution in [0.1, 0.15) is 32.1 Å². The predicted molar refractivity (Wildman–Crippen MR) is 107 cm³/mol. The van der Waals surface area contributed by atoms with E-state index >= 15 is 0 Å². The predicted octanol–water partition coefficient (Wildman–Crippen LogP) is 4.23. The van der Waals surface area contributed by atoms with Gasteiger partial charge in [-0.1, -0.05) is 36.4 Å². The second-order valence-corrected chi connectivity index (χ2v) is 6.38. The largest absolute Gasteiger partial charge is 0.320 e. The molecule has 1 heterocycles. The van der Waals surface area contributed by atoms with Crippen molar-refractivity contribution < 1.29 is 9.59 Å². The van der Waals surface area contributed by atoms with Crippen LogP contribution in [0.3, 0.4) is 0 Å². The number of aromatic nitrogens is 1. The van der Waals surface area contributed by atoms with Gasteiger partial charge in [-0.25, -0.2) is 4.98 Å². The maximum Gasteiger partial charge on any atom is 0.276 e. The number of anilines is 2. The number of carbonyl (C=O) groups excluding carboxylic acids is 2. The molecule has 0 fully saturated rings. The third kappa shape index (κ3) is 4.20. The first-order valence-electron chi connectivity index (χ1n) is 8.64. The second-order valence-electron chi connectivity index (χ2n) is 6.38. The van der Waals surface area contributed by atoms with Crippen molar-refractivity contribution in [3.05, 3.63) is 89.2 Å². The van der Waals surface area contributed by atoms with E-state index in [0.29, 0.717) is 0 Å². The Kier molecular flexibility index (Phi) is 5.31. The van der Waals surface area contributed by atoms with Crippen LogP contribution in [-0.2, 0) is 0 Å². The zero-order valence-electron chi connectivity index (χ0n) is 15.6. The maximum absolute atomic E-state index is 12.7. The summed E-state index contributed by atoms with van der Waals surface area (Å²) in [6.07, 6.45) is 0. The van der Waals surface area contributed by atoms with Crippen LogP contribution in [0, 0.1) is 13.8 Å². The Morgan fingerprint density at radius 2 is 1.59 bits per heavy atom. The number of aryl methyl sites for hydroxylation is 2. The molecule has 2 aromatic carbocycles. The summed E-state index contributed by atoms with van der Waals surface area (Å²) >= 11 is 0. The van der Waals surface area contributed by atoms with Gasteiger partial charge >= 0.3 is 0 Å². The van der Waals surface area contributed by atoms with Crippen molar-refractivity contribution in [3.63, 3.8) is 0 Å². The summed E-state index contributed by atoms with van der Waals surface area (Å²) in [5.74, 6) is -0.622. The molecule has 0 aliphatic heterocycles. The molecular weight excluding hydrogens is 338 g/mol. The molecule has 1 aromatic heterocycles. The van der Waals surface area contributed by atoms with Gasteiger partial charge in [0.25, 0.3) is 11.8 Å². The van der Waals surface area contributed by atoms with Crippen molar-refractivity contribution >= 4 is 23.2 Å². The summed E-state index contributed by atoms with van der Waals surface area (Å²) in [5, 5.41) is 2.87. The highest BCUT2D eigenvalue weighted by molar-refractivity contribution is 6.07. The third-order valence-corrected chi connectivity index (χ3v) is 4.29. The number of rotatable bonds is 4. The van der Waals surface area contributed by atoms with Crippen molar-refractivity contribution in [1.82, 2.24) is 4.98 Å². The Bertz CT molecular complexity index is 984. The van der Waals surface area contributed by atoms with Gasteiger partial charge in [0.1, 0.15) is 11.4 Å². The lowest BCUT2D eigenvalue weighted by molar-refractivity contribution is 0.0988. The van der Waals surface area contributed by atoms with E-state index in [9.17, 15) is 9.59 Å². The van der Waals surface area contributed by atoms with Crippen LogP contribution in [0.4, 0.5) is 11.4 Å². The van der Waals surface area contributed by atoms with Crippen molar-refractivity contribution in [1.29, 1.82) is 0 Å². The molecule has 0 unspecified atom stereocenters. The van der Waals surface area contributed by atoms with E-state index in [1.807, 2.05) is 62.4 Å². The highest BCUT2D eigenvalue weighted by atomic mass is 16.2. The summed E-state index contributed by atoms with van der Waals surface area (Å²) in [6, 6.07) is 20.0. The molecule has 3 rings (SSSR count). The molecule has 5 heteroatoms. The molecule has 0 atom stereocenters. The highest BCUT2D eigenvalue weighted by Gasteiger charge is 2.17. The van der Waals surface area contributed by atoms with Crippen LogP contribution in [0.5, 0.6) is 0 Å². The third-order valence-electron chi connectivity index (χ3n) is 4.29. The first kappa shape index (κ1) is 18.3. The fraction of sp³-hybridized carbons (Fsp3) is 0.136. The first-order chi connectivity index (χ1) is 13.0. The SMILES string of the molecule is Cc1ccc(C)c(NC(=O)c2cccc(C(=O)N(C)c3ccccc3)n2)c1. The molecule has 0 aliphatic carbocycles. The Balaban J connectivity index is 1.81. The topological polar surface area (TPSA) is 62.3 Å². The summed E-state index contributed by atoms with van der Waals surface area (Å²) in [7, 11) is 1.68. The van der Waals surface area contributed by atoms with Gasteiger partial charge in [-0.05, 0) is 55.3 Å². The molecule has 5 nitrogen and oxygen atoms in total. The molecule has 136 valence electrons. The molecule has 3 aromatic rings. The van der Waals surface area contributed by atoms with Crippen molar-refractivity contribution in [3.8, 4) is 0 Å². The summed E-state index contributed by atoms with van der Waals surface area (Å²) in [5.41, 5.74) is 3.93. The van der Waals surface area contributed by atoms with Crippen LogP contribution in [0.25, 0.3) is 0 Å². The molecule has 0 saturated carbocycles. The lowest BCUT2D eigenvalue weighted by Crippen LogP contribution is -2.27. The van der Waals surface area contributed by atoms with Crippen LogP contribution in [0.2, 0.25) is 0 Å². The first-order valence-corrected chi connectivity index (χ1v) is 8.64. The minimum absolute atomic E-state index is 0.197. The van der Waals surface area contributed by atoms with Gasteiger partial charge in [-0.2, -0.15) is 0 Å². The summed E-state index contributed by atoms with van der Waals surface area (Å²) in [4.78, 5) is 31.1. The molecule has 27 heavy (non-hydrogen) atoms. The zero-order valence-corrected chi connectivity index (χ0v) is 15.6. The number of nitrogens with one attached hydrogen (secondary N) is 1. The Morgan fingerprint density at radius 3 is 2.33 bits per heavy atom. The second kappa shape index (κ2) is 7.83. The van der Waals surface area contributed by atoms with Gasteiger partial charge in [0.05, 0.1) is 0 Å². The van der Waals surface area contributed by atoms with Crippen LogP contribution in [-0.4, -0.2) is 23.8 Å². The normalized spacial score (nSPS) is 10.3. The molecule has 0 spiro atoms. The molecular formula is C22H21N3O2. The monoisotopic (exact) mass is 359 g/mol. The smallest absolute Gasteiger partial charge is 0.276 e. The van der Waals surface area contributed by atoms with Gasteiger partial charge in [-0.15, -0.1) is 0 Å². The summed E-state index contributed by atoms with van der Waals surface area (Å²) < 4.78 is 0. The number of amides is 2. The lowest BCUT2D eigenvalue weighted by Gasteiger charge is -2.17.